The molecule has 200 valence electrons. The molecule has 3 aromatic carbocycles. The maximum absolute atomic E-state index is 14.0. The fraction of sp³-hybridized carbons (Fsp3) is 0.143. The molecule has 0 unspecified atom stereocenters. The predicted molar refractivity (Wildman–Crippen MR) is 148 cm³/mol. The summed E-state index contributed by atoms with van der Waals surface area (Å²) in [6.45, 7) is 1.85. The van der Waals surface area contributed by atoms with Gasteiger partial charge in [0, 0.05) is 53.2 Å². The second-order valence-corrected chi connectivity index (χ2v) is 10.9. The Bertz CT molecular complexity index is 1720. The Balaban J connectivity index is 1.30. The van der Waals surface area contributed by atoms with Gasteiger partial charge in [0.25, 0.3) is 10.0 Å². The number of anilines is 3. The van der Waals surface area contributed by atoms with Crippen molar-refractivity contribution in [2.24, 2.45) is 0 Å². The highest BCUT2D eigenvalue weighted by molar-refractivity contribution is 7.92. The van der Waals surface area contributed by atoms with Crippen LogP contribution in [0, 0.1) is 11.6 Å². The number of fused-ring (bicyclic) bond motifs is 1. The maximum Gasteiger partial charge on any atom is 0.267 e. The number of hydrogen-bond acceptors (Lipinski definition) is 6. The zero-order chi connectivity index (χ0) is 27.6. The van der Waals surface area contributed by atoms with Crippen LogP contribution in [0.2, 0.25) is 0 Å². The van der Waals surface area contributed by atoms with E-state index in [2.05, 4.69) is 68.0 Å². The highest BCUT2D eigenvalue weighted by Crippen LogP contribution is 2.27. The molecule has 0 saturated carbocycles. The topological polar surface area (TPSA) is 92.2 Å². The molecule has 0 radical (unpaired) electrons. The molecule has 0 bridgehead atoms. The number of rotatable bonds is 9. The molecule has 5 rings (SSSR count). The summed E-state index contributed by atoms with van der Waals surface area (Å²) < 4.78 is 57.4. The number of sulfonamides is 1. The highest BCUT2D eigenvalue weighted by atomic mass is 32.2. The fourth-order valence-corrected chi connectivity index (χ4v) is 5.36. The minimum absolute atomic E-state index is 0.150. The largest absolute Gasteiger partial charge is 0.346 e. The van der Waals surface area contributed by atoms with Crippen LogP contribution in [0.5, 0.6) is 0 Å². The predicted octanol–water partition coefficient (Wildman–Crippen LogP) is 5.48. The molecule has 5 aromatic rings. The zero-order valence-corrected chi connectivity index (χ0v) is 22.1. The number of benzene rings is 3. The average Bonchev–Trinajstić information content (AvgIpc) is 3.30. The van der Waals surface area contributed by atoms with Crippen LogP contribution in [0.25, 0.3) is 22.2 Å². The number of aromatic nitrogens is 3. The van der Waals surface area contributed by atoms with Crippen molar-refractivity contribution < 1.29 is 17.2 Å². The quantitative estimate of drug-likeness (QED) is 0.253. The molecule has 0 aliphatic heterocycles. The lowest BCUT2D eigenvalue weighted by atomic mass is 10.1. The summed E-state index contributed by atoms with van der Waals surface area (Å²) in [6.07, 6.45) is 3.55. The molecule has 39 heavy (non-hydrogen) atoms. The van der Waals surface area contributed by atoms with Gasteiger partial charge in [-0.25, -0.2) is 27.2 Å². The first-order valence-corrected chi connectivity index (χ1v) is 13.6. The molecule has 0 saturated heterocycles. The van der Waals surface area contributed by atoms with Crippen molar-refractivity contribution in [1.29, 1.82) is 0 Å². The fourth-order valence-electron chi connectivity index (χ4n) is 4.16. The Morgan fingerprint density at radius 2 is 1.62 bits per heavy atom. The van der Waals surface area contributed by atoms with Crippen LogP contribution in [0.15, 0.2) is 90.2 Å². The van der Waals surface area contributed by atoms with Crippen LogP contribution < -0.4 is 10.0 Å². The molecular weight excluding hydrogens is 522 g/mol. The van der Waals surface area contributed by atoms with E-state index in [0.29, 0.717) is 11.5 Å². The Morgan fingerprint density at radius 3 is 2.33 bits per heavy atom. The molecule has 0 fully saturated rings. The van der Waals surface area contributed by atoms with E-state index < -0.39 is 26.6 Å². The molecule has 0 spiro atoms. The van der Waals surface area contributed by atoms with E-state index in [1.807, 2.05) is 12.1 Å². The monoisotopic (exact) mass is 548 g/mol. The van der Waals surface area contributed by atoms with Crippen LogP contribution >= 0.6 is 0 Å². The van der Waals surface area contributed by atoms with Crippen molar-refractivity contribution in [3.63, 3.8) is 0 Å². The molecule has 0 aliphatic rings. The van der Waals surface area contributed by atoms with Crippen molar-refractivity contribution in [2.45, 2.75) is 11.4 Å². The first-order chi connectivity index (χ1) is 18.7. The molecule has 0 aliphatic carbocycles. The third kappa shape index (κ3) is 5.89. The molecule has 2 heterocycles. The Hall–Kier alpha value is -4.35. The summed E-state index contributed by atoms with van der Waals surface area (Å²) in [7, 11) is -0.344. The van der Waals surface area contributed by atoms with Gasteiger partial charge in [-0.3, -0.25) is 4.72 Å². The SMILES string of the molecule is CN(C)CCn1ccc2cc(-c3cc(Nc4ccc(NS(=O)(=O)c5c(F)cccc5F)cc4)ncn3)ccc21. The van der Waals surface area contributed by atoms with Crippen molar-refractivity contribution in [3.05, 3.63) is 97.0 Å². The van der Waals surface area contributed by atoms with Crippen LogP contribution in [0.4, 0.5) is 26.0 Å². The lowest BCUT2D eigenvalue weighted by Gasteiger charge is -2.12. The van der Waals surface area contributed by atoms with Crippen LogP contribution in [-0.2, 0) is 16.6 Å². The van der Waals surface area contributed by atoms with Crippen molar-refractivity contribution >= 4 is 38.1 Å². The van der Waals surface area contributed by atoms with Gasteiger partial charge >= 0.3 is 0 Å². The third-order valence-corrected chi connectivity index (χ3v) is 7.55. The minimum atomic E-state index is -4.45. The zero-order valence-electron chi connectivity index (χ0n) is 21.3. The van der Waals surface area contributed by atoms with E-state index in [4.69, 9.17) is 0 Å². The second-order valence-electron chi connectivity index (χ2n) is 9.23. The van der Waals surface area contributed by atoms with Gasteiger partial charge in [-0.1, -0.05) is 12.1 Å². The molecule has 8 nitrogen and oxygen atoms in total. The molecule has 11 heteroatoms. The van der Waals surface area contributed by atoms with E-state index in [1.54, 1.807) is 12.1 Å². The lowest BCUT2D eigenvalue weighted by Crippen LogP contribution is -2.17. The summed E-state index contributed by atoms with van der Waals surface area (Å²) in [5.74, 6) is -1.78. The summed E-state index contributed by atoms with van der Waals surface area (Å²) in [6, 6.07) is 19.2. The first kappa shape index (κ1) is 26.3. The van der Waals surface area contributed by atoms with Crippen LogP contribution in [0.3, 0.4) is 0 Å². The Kier molecular flexibility index (Phi) is 7.27. The van der Waals surface area contributed by atoms with Gasteiger partial charge in [-0.15, -0.1) is 0 Å². The van der Waals surface area contributed by atoms with Gasteiger partial charge in [-0.05, 0) is 68.7 Å². The summed E-state index contributed by atoms with van der Waals surface area (Å²) in [5, 5.41) is 4.28. The van der Waals surface area contributed by atoms with Crippen LogP contribution in [0.1, 0.15) is 0 Å². The highest BCUT2D eigenvalue weighted by Gasteiger charge is 2.23. The number of nitrogens with zero attached hydrogens (tertiary/aromatic N) is 4. The summed E-state index contributed by atoms with van der Waals surface area (Å²) in [5.41, 5.74) is 3.63. The second kappa shape index (κ2) is 10.8. The van der Waals surface area contributed by atoms with Crippen molar-refractivity contribution in [2.75, 3.05) is 30.7 Å². The number of nitrogens with one attached hydrogen (secondary N) is 2. The standard InChI is InChI=1S/C28H26F2N6O2S/c1-35(2)14-15-36-13-12-20-16-19(6-11-26(20)36)25-17-27(32-18-31-25)33-21-7-9-22(10-8-21)34-39(37,38)28-23(29)4-3-5-24(28)30/h3-13,16-18,34H,14-15H2,1-2H3,(H,31,32,33). The first-order valence-electron chi connectivity index (χ1n) is 12.1. The molecular formula is C28H26F2N6O2S. The molecule has 2 aromatic heterocycles. The third-order valence-electron chi connectivity index (χ3n) is 6.12. The Labute approximate surface area is 225 Å². The van der Waals surface area contributed by atoms with Gasteiger partial charge in [-0.2, -0.15) is 0 Å². The van der Waals surface area contributed by atoms with E-state index >= 15 is 0 Å². The summed E-state index contributed by atoms with van der Waals surface area (Å²) in [4.78, 5) is 9.83. The van der Waals surface area contributed by atoms with E-state index in [1.165, 1.54) is 18.5 Å². The smallest absolute Gasteiger partial charge is 0.267 e. The van der Waals surface area contributed by atoms with Gasteiger partial charge in [0.05, 0.1) is 5.69 Å². The normalized spacial score (nSPS) is 11.7. The summed E-state index contributed by atoms with van der Waals surface area (Å²) >= 11 is 0. The lowest BCUT2D eigenvalue weighted by molar-refractivity contribution is 0.387. The Morgan fingerprint density at radius 1 is 0.897 bits per heavy atom. The van der Waals surface area contributed by atoms with E-state index in [9.17, 15) is 17.2 Å². The van der Waals surface area contributed by atoms with Crippen molar-refractivity contribution in [3.8, 4) is 11.3 Å². The van der Waals surface area contributed by atoms with Crippen molar-refractivity contribution in [1.82, 2.24) is 19.4 Å². The van der Waals surface area contributed by atoms with Gasteiger partial charge < -0.3 is 14.8 Å². The number of hydrogen-bond donors (Lipinski definition) is 2. The number of likely N-dealkylation sites (N-methyl/N-ethyl adjacent to an activating group) is 1. The minimum Gasteiger partial charge on any atom is -0.346 e. The van der Waals surface area contributed by atoms with Gasteiger partial charge in [0.1, 0.15) is 23.8 Å². The molecule has 0 atom stereocenters. The molecule has 0 amide bonds. The van der Waals surface area contributed by atoms with Crippen LogP contribution in [-0.4, -0.2) is 48.5 Å². The van der Waals surface area contributed by atoms with E-state index in [-0.39, 0.29) is 5.69 Å². The van der Waals surface area contributed by atoms with Gasteiger partial charge in [0.2, 0.25) is 0 Å². The average molecular weight is 549 g/mol. The van der Waals surface area contributed by atoms with Gasteiger partial charge in [0.15, 0.2) is 4.90 Å². The van der Waals surface area contributed by atoms with E-state index in [0.717, 1.165) is 53.4 Å². The number of halogens is 2. The molecule has 2 N–H and O–H groups in total. The maximum atomic E-state index is 14.0.